The molecule has 7 rings (SSSR count). The number of hydrogen-bond acceptors (Lipinski definition) is 10. The minimum absolute atomic E-state index is 0.0278. The topological polar surface area (TPSA) is 130 Å². The molecule has 1 N–H and O–H groups in total. The smallest absolute Gasteiger partial charge is 0.280 e. The number of nitrogens with zero attached hydrogens (tertiary/aromatic N) is 5. The van der Waals surface area contributed by atoms with Crippen molar-refractivity contribution in [2.45, 2.75) is 6.42 Å². The number of anilines is 1. The van der Waals surface area contributed by atoms with Gasteiger partial charge in [0.1, 0.15) is 17.0 Å². The molecule has 3 heterocycles. The van der Waals surface area contributed by atoms with E-state index in [1.54, 1.807) is 36.4 Å². The fourth-order valence-corrected chi connectivity index (χ4v) is 6.16. The number of amides is 1. The van der Waals surface area contributed by atoms with Gasteiger partial charge in [-0.25, -0.2) is 13.5 Å². The van der Waals surface area contributed by atoms with E-state index in [-0.39, 0.29) is 28.3 Å². The van der Waals surface area contributed by atoms with Crippen LogP contribution in [0.15, 0.2) is 88.3 Å². The molecular formula is C37H31BrF2N6O6. The molecule has 1 fully saturated rings. The molecule has 1 aliphatic rings. The average molecular weight is 774 g/mol. The lowest BCUT2D eigenvalue weighted by molar-refractivity contribution is 0.0357. The molecule has 0 saturated carbocycles. The number of morpholine rings is 1. The Morgan fingerprint density at radius 1 is 0.942 bits per heavy atom. The van der Waals surface area contributed by atoms with Gasteiger partial charge in [0.05, 0.1) is 49.4 Å². The number of hydrogen-bond donors (Lipinski definition) is 1. The molecule has 2 aromatic heterocycles. The Hall–Kier alpha value is -5.51. The van der Waals surface area contributed by atoms with Crippen molar-refractivity contribution in [1.82, 2.24) is 24.9 Å². The number of para-hydroxylation sites is 1. The van der Waals surface area contributed by atoms with Crippen LogP contribution in [0, 0.1) is 11.6 Å². The van der Waals surface area contributed by atoms with Crippen LogP contribution in [-0.2, 0) is 4.74 Å². The number of carbonyl (C=O) groups is 1. The maximum absolute atomic E-state index is 15.5. The van der Waals surface area contributed by atoms with Crippen LogP contribution < -0.4 is 25.0 Å². The highest BCUT2D eigenvalue weighted by Crippen LogP contribution is 2.37. The van der Waals surface area contributed by atoms with Gasteiger partial charge in [0, 0.05) is 41.9 Å². The third kappa shape index (κ3) is 7.42. The van der Waals surface area contributed by atoms with E-state index in [0.717, 1.165) is 45.3 Å². The number of methoxy groups -OCH3 is 1. The molecular weight excluding hydrogens is 742 g/mol. The van der Waals surface area contributed by atoms with Crippen molar-refractivity contribution in [3.05, 3.63) is 111 Å². The van der Waals surface area contributed by atoms with Crippen LogP contribution in [-0.4, -0.2) is 77.3 Å². The van der Waals surface area contributed by atoms with E-state index in [9.17, 15) is 14.0 Å². The van der Waals surface area contributed by atoms with Crippen molar-refractivity contribution in [2.24, 2.45) is 0 Å². The Kier molecular flexibility index (Phi) is 10.3. The quantitative estimate of drug-likeness (QED) is 0.145. The lowest BCUT2D eigenvalue weighted by Gasteiger charge is -2.26. The summed E-state index contributed by atoms with van der Waals surface area (Å²) in [6.45, 7) is 4.62. The molecule has 6 aromatic rings. The number of carbonyl (C=O) groups excluding carboxylic acids is 1. The average Bonchev–Trinajstić information content (AvgIpc) is 3.15. The van der Waals surface area contributed by atoms with Gasteiger partial charge in [-0.1, -0.05) is 28.1 Å². The molecule has 1 aliphatic heterocycles. The van der Waals surface area contributed by atoms with E-state index in [4.69, 9.17) is 18.9 Å². The summed E-state index contributed by atoms with van der Waals surface area (Å²) in [5.41, 5.74) is -0.374. The normalized spacial score (nSPS) is 13.3. The SMILES string of the molecule is COc1cc2c(Oc3ccc(NC(=O)c4nn(-c5ccc(Br)cc5F)c5ccccc5c4=O)cc3F)cnnc2cc1OCCCN1CCOCC1. The van der Waals surface area contributed by atoms with E-state index < -0.39 is 28.7 Å². The molecule has 0 spiro atoms. The van der Waals surface area contributed by atoms with Gasteiger partial charge < -0.3 is 24.3 Å². The lowest BCUT2D eigenvalue weighted by Crippen LogP contribution is -2.37. The van der Waals surface area contributed by atoms with Crippen molar-refractivity contribution in [1.29, 1.82) is 0 Å². The molecule has 15 heteroatoms. The molecule has 0 radical (unpaired) electrons. The Balaban J connectivity index is 1.09. The summed E-state index contributed by atoms with van der Waals surface area (Å²) in [5, 5.41) is 15.6. The molecule has 12 nitrogen and oxygen atoms in total. The van der Waals surface area contributed by atoms with Gasteiger partial charge in [-0.15, -0.1) is 0 Å². The van der Waals surface area contributed by atoms with Gasteiger partial charge in [-0.2, -0.15) is 15.3 Å². The molecule has 0 atom stereocenters. The molecule has 52 heavy (non-hydrogen) atoms. The van der Waals surface area contributed by atoms with E-state index in [1.165, 1.54) is 48.3 Å². The summed E-state index contributed by atoms with van der Waals surface area (Å²) in [6, 6.07) is 17.9. The third-order valence-corrected chi connectivity index (χ3v) is 8.92. The van der Waals surface area contributed by atoms with Crippen LogP contribution in [0.25, 0.3) is 27.5 Å². The Morgan fingerprint density at radius 2 is 1.77 bits per heavy atom. The van der Waals surface area contributed by atoms with Crippen LogP contribution in [0.4, 0.5) is 14.5 Å². The molecule has 0 bridgehead atoms. The predicted octanol–water partition coefficient (Wildman–Crippen LogP) is 6.52. The summed E-state index contributed by atoms with van der Waals surface area (Å²) >= 11 is 3.23. The minimum Gasteiger partial charge on any atom is -0.493 e. The lowest BCUT2D eigenvalue weighted by atomic mass is 10.1. The number of benzene rings is 4. The second kappa shape index (κ2) is 15.4. The summed E-state index contributed by atoms with van der Waals surface area (Å²) in [5.74, 6) is -1.37. The highest BCUT2D eigenvalue weighted by Gasteiger charge is 2.21. The first-order valence-corrected chi connectivity index (χ1v) is 17.1. The fourth-order valence-electron chi connectivity index (χ4n) is 5.82. The third-order valence-electron chi connectivity index (χ3n) is 8.42. The highest BCUT2D eigenvalue weighted by atomic mass is 79.9. The first kappa shape index (κ1) is 34.9. The highest BCUT2D eigenvalue weighted by molar-refractivity contribution is 9.10. The summed E-state index contributed by atoms with van der Waals surface area (Å²) in [6.07, 6.45) is 2.17. The van der Waals surface area contributed by atoms with Crippen molar-refractivity contribution in [3.8, 4) is 28.7 Å². The van der Waals surface area contributed by atoms with Gasteiger partial charge >= 0.3 is 0 Å². The maximum atomic E-state index is 15.5. The number of fused-ring (bicyclic) bond motifs is 2. The van der Waals surface area contributed by atoms with Gasteiger partial charge in [-0.3, -0.25) is 14.5 Å². The van der Waals surface area contributed by atoms with Crippen LogP contribution in [0.2, 0.25) is 0 Å². The number of nitrogens with one attached hydrogen (secondary N) is 1. The molecule has 0 unspecified atom stereocenters. The van der Waals surface area contributed by atoms with Crippen molar-refractivity contribution in [3.63, 3.8) is 0 Å². The molecule has 4 aromatic carbocycles. The van der Waals surface area contributed by atoms with E-state index >= 15 is 4.39 Å². The largest absolute Gasteiger partial charge is 0.493 e. The monoisotopic (exact) mass is 772 g/mol. The second-order valence-electron chi connectivity index (χ2n) is 11.8. The summed E-state index contributed by atoms with van der Waals surface area (Å²) < 4.78 is 55.1. The number of aromatic nitrogens is 4. The zero-order chi connectivity index (χ0) is 36.2. The Bertz CT molecular complexity index is 2350. The second-order valence-corrected chi connectivity index (χ2v) is 12.7. The fraction of sp³-hybridized carbons (Fsp3) is 0.216. The molecule has 266 valence electrons. The molecule has 0 aliphatic carbocycles. The van der Waals surface area contributed by atoms with Crippen molar-refractivity contribution >= 4 is 49.3 Å². The first-order valence-electron chi connectivity index (χ1n) is 16.3. The summed E-state index contributed by atoms with van der Waals surface area (Å²) in [7, 11) is 1.52. The van der Waals surface area contributed by atoms with Gasteiger partial charge in [0.2, 0.25) is 5.43 Å². The predicted molar refractivity (Wildman–Crippen MR) is 193 cm³/mol. The minimum atomic E-state index is -0.911. The first-order chi connectivity index (χ1) is 25.3. The Labute approximate surface area is 304 Å². The van der Waals surface area contributed by atoms with Gasteiger partial charge in [-0.05, 0) is 55.0 Å². The van der Waals surface area contributed by atoms with Crippen LogP contribution >= 0.6 is 15.9 Å². The van der Waals surface area contributed by atoms with Crippen LogP contribution in [0.3, 0.4) is 0 Å². The van der Waals surface area contributed by atoms with Crippen LogP contribution in [0.5, 0.6) is 23.0 Å². The number of halogens is 3. The zero-order valence-electron chi connectivity index (χ0n) is 27.8. The van der Waals surface area contributed by atoms with Gasteiger partial charge in [0.25, 0.3) is 5.91 Å². The van der Waals surface area contributed by atoms with E-state index in [0.29, 0.717) is 39.0 Å². The van der Waals surface area contributed by atoms with Crippen molar-refractivity contribution in [2.75, 3.05) is 51.9 Å². The van der Waals surface area contributed by atoms with Crippen LogP contribution in [0.1, 0.15) is 16.9 Å². The van der Waals surface area contributed by atoms with Gasteiger partial charge in [0.15, 0.2) is 34.5 Å². The van der Waals surface area contributed by atoms with Crippen molar-refractivity contribution < 1.29 is 32.5 Å². The van der Waals surface area contributed by atoms with E-state index in [1.807, 2.05) is 0 Å². The summed E-state index contributed by atoms with van der Waals surface area (Å²) in [4.78, 5) is 29.1. The number of rotatable bonds is 11. The Morgan fingerprint density at radius 3 is 2.56 bits per heavy atom. The van der Waals surface area contributed by atoms with E-state index in [2.05, 4.69) is 41.4 Å². The number of ether oxygens (including phenoxy) is 4. The maximum Gasteiger partial charge on any atom is 0.280 e. The molecule has 1 saturated heterocycles. The molecule has 1 amide bonds. The zero-order valence-corrected chi connectivity index (χ0v) is 29.4. The standard InChI is InChI=1S/C37H31BrF2N6O6/c1-49-32-19-25-28(20-33(32)51-14-4-11-45-12-15-50-16-13-45)43-41-21-34(25)52-31-10-8-23(18-27(31)40)42-37(48)35-36(47)24-5-2-3-6-29(24)46(44-35)30-9-7-22(38)17-26(30)39/h2-3,5-10,17-21H,4,11-16H2,1H3,(H,42,48).